The van der Waals surface area contributed by atoms with Crippen molar-refractivity contribution in [3.05, 3.63) is 0 Å². The van der Waals surface area contributed by atoms with Crippen LogP contribution in [0.4, 0.5) is 0 Å². The second kappa shape index (κ2) is 10.9. The average molecular weight is 248 g/mol. The molecule has 4 N–H and O–H groups in total. The normalized spacial score (nSPS) is 16.8. The van der Waals surface area contributed by atoms with Gasteiger partial charge in [-0.1, -0.05) is 0 Å². The second-order valence-corrected chi connectivity index (χ2v) is 4.60. The second-order valence-electron chi connectivity index (χ2n) is 4.60. The lowest BCUT2D eigenvalue weighted by Crippen LogP contribution is -2.27. The molecule has 0 aliphatic rings. The van der Waals surface area contributed by atoms with Gasteiger partial charge in [-0.25, -0.2) is 0 Å². The van der Waals surface area contributed by atoms with Crippen molar-refractivity contribution in [1.82, 2.24) is 0 Å². The van der Waals surface area contributed by atoms with Gasteiger partial charge in [-0.15, -0.1) is 0 Å². The maximum atomic E-state index is 5.58. The Balaban J connectivity index is 3.16. The quantitative estimate of drug-likeness (QED) is 0.521. The first-order valence-corrected chi connectivity index (χ1v) is 6.30. The van der Waals surface area contributed by atoms with E-state index in [1.165, 1.54) is 0 Å². The molecule has 17 heavy (non-hydrogen) atoms. The Hall–Kier alpha value is -0.200. The van der Waals surface area contributed by atoms with Crippen molar-refractivity contribution < 1.29 is 14.2 Å². The summed E-state index contributed by atoms with van der Waals surface area (Å²) in [5.41, 5.74) is 11.1. The summed E-state index contributed by atoms with van der Waals surface area (Å²) in [6.07, 6.45) is 0.971. The van der Waals surface area contributed by atoms with Crippen molar-refractivity contribution in [2.75, 3.05) is 33.0 Å². The Morgan fingerprint density at radius 2 is 1.35 bits per heavy atom. The zero-order valence-electron chi connectivity index (χ0n) is 11.4. The topological polar surface area (TPSA) is 79.7 Å². The smallest absolute Gasteiger partial charge is 0.0781 e. The lowest BCUT2D eigenvalue weighted by molar-refractivity contribution is -0.0149. The highest BCUT2D eigenvalue weighted by atomic mass is 16.5. The summed E-state index contributed by atoms with van der Waals surface area (Å²) in [5, 5.41) is 0. The van der Waals surface area contributed by atoms with Crippen molar-refractivity contribution >= 4 is 0 Å². The molecular weight excluding hydrogens is 220 g/mol. The Morgan fingerprint density at radius 3 is 1.88 bits per heavy atom. The molecule has 0 spiro atoms. The lowest BCUT2D eigenvalue weighted by Gasteiger charge is -2.15. The van der Waals surface area contributed by atoms with Crippen LogP contribution in [0.1, 0.15) is 27.2 Å². The minimum Gasteiger partial charge on any atom is -0.380 e. The highest BCUT2D eigenvalue weighted by molar-refractivity contribution is 4.53. The summed E-state index contributed by atoms with van der Waals surface area (Å²) in [6.45, 7) is 8.98. The Kier molecular flexibility index (Phi) is 10.8. The van der Waals surface area contributed by atoms with Crippen molar-refractivity contribution in [3.8, 4) is 0 Å². The molecule has 5 nitrogen and oxygen atoms in total. The molecule has 0 rings (SSSR count). The maximum Gasteiger partial charge on any atom is 0.0781 e. The van der Waals surface area contributed by atoms with Crippen LogP contribution in [0.5, 0.6) is 0 Å². The van der Waals surface area contributed by atoms with Gasteiger partial charge >= 0.3 is 0 Å². The van der Waals surface area contributed by atoms with E-state index in [4.69, 9.17) is 25.7 Å². The minimum absolute atomic E-state index is 0.0732. The monoisotopic (exact) mass is 248 g/mol. The third-order valence-electron chi connectivity index (χ3n) is 1.95. The number of nitrogens with two attached hydrogens (primary N) is 2. The molecule has 0 fully saturated rings. The third kappa shape index (κ3) is 13.7. The molecule has 0 heterocycles. The molecule has 0 aliphatic carbocycles. The van der Waals surface area contributed by atoms with Crippen molar-refractivity contribution in [2.24, 2.45) is 11.5 Å². The molecule has 0 aromatic heterocycles. The lowest BCUT2D eigenvalue weighted by atomic mass is 10.4. The van der Waals surface area contributed by atoms with Gasteiger partial charge in [0.2, 0.25) is 0 Å². The summed E-state index contributed by atoms with van der Waals surface area (Å²) in [6, 6.07) is 0.173. The average Bonchev–Trinajstić information content (AvgIpc) is 2.24. The molecule has 3 atom stereocenters. The van der Waals surface area contributed by atoms with Gasteiger partial charge in [0.25, 0.3) is 0 Å². The molecule has 0 bridgehead atoms. The molecule has 0 aromatic rings. The predicted molar refractivity (Wildman–Crippen MR) is 69.0 cm³/mol. The highest BCUT2D eigenvalue weighted by Gasteiger charge is 2.03. The van der Waals surface area contributed by atoms with Gasteiger partial charge in [0.15, 0.2) is 0 Å². The summed E-state index contributed by atoms with van der Waals surface area (Å²) < 4.78 is 16.3. The fraction of sp³-hybridized carbons (Fsp3) is 1.00. The van der Waals surface area contributed by atoms with Crippen LogP contribution in [0.2, 0.25) is 0 Å². The van der Waals surface area contributed by atoms with Crippen LogP contribution in [-0.2, 0) is 14.2 Å². The van der Waals surface area contributed by atoms with Crippen LogP contribution in [-0.4, -0.2) is 51.2 Å². The largest absolute Gasteiger partial charge is 0.380 e. The van der Waals surface area contributed by atoms with Crippen molar-refractivity contribution in [2.45, 2.75) is 45.4 Å². The molecule has 0 aliphatic heterocycles. The van der Waals surface area contributed by atoms with Gasteiger partial charge in [-0.2, -0.15) is 0 Å². The summed E-state index contributed by atoms with van der Waals surface area (Å²) >= 11 is 0. The standard InChI is InChI=1S/C12H28N2O3/c1-10(13)7-15-5-4-6-16-9-12(3)17-8-11(2)14/h10-12H,4-9,13-14H2,1-3H3. The van der Waals surface area contributed by atoms with E-state index in [-0.39, 0.29) is 18.2 Å². The number of ether oxygens (including phenoxy) is 3. The van der Waals surface area contributed by atoms with Gasteiger partial charge in [-0.05, 0) is 27.2 Å². The zero-order chi connectivity index (χ0) is 13.1. The van der Waals surface area contributed by atoms with Crippen LogP contribution in [0.25, 0.3) is 0 Å². The number of hydrogen-bond donors (Lipinski definition) is 2. The molecule has 0 saturated carbocycles. The first-order chi connectivity index (χ1) is 8.02. The first kappa shape index (κ1) is 16.8. The van der Waals surface area contributed by atoms with Gasteiger partial charge in [0.05, 0.1) is 25.9 Å². The molecule has 3 unspecified atom stereocenters. The first-order valence-electron chi connectivity index (χ1n) is 6.30. The Morgan fingerprint density at radius 1 is 0.824 bits per heavy atom. The van der Waals surface area contributed by atoms with Crippen LogP contribution in [0, 0.1) is 0 Å². The van der Waals surface area contributed by atoms with E-state index in [0.717, 1.165) is 6.42 Å². The van der Waals surface area contributed by atoms with E-state index in [0.29, 0.717) is 33.0 Å². The third-order valence-corrected chi connectivity index (χ3v) is 1.95. The number of rotatable bonds is 11. The fourth-order valence-electron chi connectivity index (χ4n) is 1.15. The van der Waals surface area contributed by atoms with Crippen LogP contribution >= 0.6 is 0 Å². The summed E-state index contributed by atoms with van der Waals surface area (Å²) in [5.74, 6) is 0. The highest BCUT2D eigenvalue weighted by Crippen LogP contribution is 1.95. The maximum absolute atomic E-state index is 5.58. The van der Waals surface area contributed by atoms with Gasteiger partial charge < -0.3 is 25.7 Å². The predicted octanol–water partition coefficient (Wildman–Crippen LogP) is 0.509. The SMILES string of the molecule is CC(N)COCCCOCC(C)OCC(C)N. The van der Waals surface area contributed by atoms with E-state index in [1.807, 2.05) is 20.8 Å². The summed E-state index contributed by atoms with van der Waals surface area (Å²) in [7, 11) is 0. The van der Waals surface area contributed by atoms with E-state index < -0.39 is 0 Å². The molecule has 0 amide bonds. The van der Waals surface area contributed by atoms with Gasteiger partial charge in [-0.3, -0.25) is 0 Å². The molecule has 0 saturated heterocycles. The van der Waals surface area contributed by atoms with Crippen LogP contribution in [0.15, 0.2) is 0 Å². The van der Waals surface area contributed by atoms with E-state index in [9.17, 15) is 0 Å². The molecular formula is C12H28N2O3. The molecule has 0 aromatic carbocycles. The summed E-state index contributed by atoms with van der Waals surface area (Å²) in [4.78, 5) is 0. The van der Waals surface area contributed by atoms with Gasteiger partial charge in [0, 0.05) is 25.3 Å². The van der Waals surface area contributed by atoms with Crippen molar-refractivity contribution in [3.63, 3.8) is 0 Å². The fourth-order valence-corrected chi connectivity index (χ4v) is 1.15. The van der Waals surface area contributed by atoms with Crippen LogP contribution in [0.3, 0.4) is 0 Å². The minimum atomic E-state index is 0.0732. The van der Waals surface area contributed by atoms with E-state index in [1.54, 1.807) is 0 Å². The number of hydrogen-bond acceptors (Lipinski definition) is 5. The van der Waals surface area contributed by atoms with Gasteiger partial charge in [0.1, 0.15) is 0 Å². The van der Waals surface area contributed by atoms with Crippen LogP contribution < -0.4 is 11.5 Å². The zero-order valence-corrected chi connectivity index (χ0v) is 11.4. The van der Waals surface area contributed by atoms with E-state index in [2.05, 4.69) is 0 Å². The van der Waals surface area contributed by atoms with Crippen molar-refractivity contribution in [1.29, 1.82) is 0 Å². The molecule has 5 heteroatoms. The Labute approximate surface area is 105 Å². The Bertz CT molecular complexity index is 166. The molecule has 104 valence electrons. The van der Waals surface area contributed by atoms with E-state index >= 15 is 0 Å². The molecule has 0 radical (unpaired) electrons.